The second kappa shape index (κ2) is 9.01. The smallest absolute Gasteiger partial charge is 0.276 e. The zero-order valence-corrected chi connectivity index (χ0v) is 20.3. The highest BCUT2D eigenvalue weighted by atomic mass is 35.5. The van der Waals surface area contributed by atoms with Crippen LogP contribution in [-0.2, 0) is 16.0 Å². The third kappa shape index (κ3) is 4.72. The number of thiazole rings is 1. The standard InChI is InChI=1S/C19H22ClN7O2S3/c20-16-15-17(23-18(22-16)30-12-13-4-2-1-3-5-13)24-19(31-15)26-10-14(11-26)25-6-8-27(9-7-25)32(21,28)29/h1-5,14H,6-12H2,(H2,21,28,29). The minimum atomic E-state index is -3.60. The number of hydrogen-bond donors (Lipinski definition) is 1. The summed E-state index contributed by atoms with van der Waals surface area (Å²) < 4.78 is 25.1. The number of nitrogens with two attached hydrogens (primary N) is 1. The third-order valence-corrected chi connectivity index (χ3v) is 9.17. The second-order valence-corrected chi connectivity index (χ2v) is 11.6. The highest BCUT2D eigenvalue weighted by Crippen LogP contribution is 2.36. The molecule has 2 aromatic heterocycles. The predicted molar refractivity (Wildman–Crippen MR) is 128 cm³/mol. The van der Waals surface area contributed by atoms with Crippen molar-refractivity contribution in [2.45, 2.75) is 17.0 Å². The molecule has 2 saturated heterocycles. The average Bonchev–Trinajstić information content (AvgIpc) is 3.16. The Bertz CT molecular complexity index is 1210. The number of piperazine rings is 1. The molecule has 5 rings (SSSR count). The quantitative estimate of drug-likeness (QED) is 0.304. The van der Waals surface area contributed by atoms with Crippen molar-refractivity contribution in [2.75, 3.05) is 44.2 Å². The molecule has 0 radical (unpaired) electrons. The Morgan fingerprint density at radius 2 is 1.81 bits per heavy atom. The lowest BCUT2D eigenvalue weighted by Crippen LogP contribution is -2.63. The van der Waals surface area contributed by atoms with E-state index in [-0.39, 0.29) is 0 Å². The molecule has 2 fully saturated rings. The van der Waals surface area contributed by atoms with Crippen molar-refractivity contribution in [1.82, 2.24) is 24.2 Å². The zero-order valence-electron chi connectivity index (χ0n) is 17.1. The van der Waals surface area contributed by atoms with Gasteiger partial charge in [0.1, 0.15) is 4.70 Å². The predicted octanol–water partition coefficient (Wildman–Crippen LogP) is 2.04. The van der Waals surface area contributed by atoms with Crippen LogP contribution in [-0.4, -0.2) is 77.9 Å². The van der Waals surface area contributed by atoms with Gasteiger partial charge in [0.2, 0.25) is 0 Å². The van der Waals surface area contributed by atoms with Gasteiger partial charge in [0.25, 0.3) is 10.2 Å². The Kier molecular flexibility index (Phi) is 6.27. The van der Waals surface area contributed by atoms with Crippen molar-refractivity contribution in [3.63, 3.8) is 0 Å². The highest BCUT2D eigenvalue weighted by molar-refractivity contribution is 7.98. The highest BCUT2D eigenvalue weighted by Gasteiger charge is 2.36. The maximum atomic E-state index is 11.5. The van der Waals surface area contributed by atoms with E-state index >= 15 is 0 Å². The zero-order chi connectivity index (χ0) is 22.3. The molecule has 170 valence electrons. The number of benzene rings is 1. The van der Waals surface area contributed by atoms with Crippen molar-refractivity contribution in [3.05, 3.63) is 41.0 Å². The van der Waals surface area contributed by atoms with Crippen molar-refractivity contribution in [2.24, 2.45) is 5.14 Å². The van der Waals surface area contributed by atoms with E-state index in [0.29, 0.717) is 48.2 Å². The van der Waals surface area contributed by atoms with Crippen LogP contribution in [0.4, 0.5) is 5.13 Å². The number of anilines is 1. The van der Waals surface area contributed by atoms with E-state index in [1.165, 1.54) is 21.2 Å². The number of fused-ring (bicyclic) bond motifs is 1. The maximum Gasteiger partial charge on any atom is 0.276 e. The number of thioether (sulfide) groups is 1. The second-order valence-electron chi connectivity index (χ2n) is 7.76. The molecule has 2 N–H and O–H groups in total. The molecular weight excluding hydrogens is 490 g/mol. The molecule has 0 unspecified atom stereocenters. The molecule has 0 atom stereocenters. The van der Waals surface area contributed by atoms with Gasteiger partial charge >= 0.3 is 0 Å². The first-order valence-electron chi connectivity index (χ1n) is 10.1. The van der Waals surface area contributed by atoms with Gasteiger partial charge in [-0.1, -0.05) is 65.0 Å². The first-order valence-corrected chi connectivity index (χ1v) is 13.8. The molecule has 4 heterocycles. The molecule has 32 heavy (non-hydrogen) atoms. The van der Waals surface area contributed by atoms with Crippen LogP contribution in [0.25, 0.3) is 10.3 Å². The van der Waals surface area contributed by atoms with Crippen LogP contribution in [0.5, 0.6) is 0 Å². The number of rotatable bonds is 6. The molecule has 0 saturated carbocycles. The monoisotopic (exact) mass is 511 g/mol. The van der Waals surface area contributed by atoms with Crippen LogP contribution in [0.2, 0.25) is 5.15 Å². The summed E-state index contributed by atoms with van der Waals surface area (Å²) in [6.07, 6.45) is 0. The fraction of sp³-hybridized carbons (Fsp3) is 0.421. The van der Waals surface area contributed by atoms with Gasteiger partial charge in [-0.2, -0.15) is 17.7 Å². The first-order chi connectivity index (χ1) is 15.4. The number of aromatic nitrogens is 3. The Labute approximate surface area is 199 Å². The molecule has 1 aromatic carbocycles. The average molecular weight is 512 g/mol. The molecular formula is C19H22ClN7O2S3. The normalized spacial score (nSPS) is 18.9. The Morgan fingerprint density at radius 1 is 1.09 bits per heavy atom. The van der Waals surface area contributed by atoms with Crippen molar-refractivity contribution in [1.29, 1.82) is 0 Å². The summed E-state index contributed by atoms with van der Waals surface area (Å²) in [7, 11) is -3.60. The maximum absolute atomic E-state index is 11.5. The summed E-state index contributed by atoms with van der Waals surface area (Å²) in [5, 5.41) is 7.17. The van der Waals surface area contributed by atoms with E-state index in [0.717, 1.165) is 28.7 Å². The van der Waals surface area contributed by atoms with Crippen LogP contribution in [0.1, 0.15) is 5.56 Å². The lowest BCUT2D eigenvalue weighted by molar-refractivity contribution is 0.117. The van der Waals surface area contributed by atoms with Crippen LogP contribution in [0, 0.1) is 0 Å². The van der Waals surface area contributed by atoms with Crippen LogP contribution >= 0.6 is 34.7 Å². The van der Waals surface area contributed by atoms with Gasteiger partial charge < -0.3 is 4.90 Å². The fourth-order valence-corrected chi connectivity index (χ4v) is 6.55. The van der Waals surface area contributed by atoms with E-state index < -0.39 is 10.2 Å². The molecule has 9 nitrogen and oxygen atoms in total. The Balaban J connectivity index is 1.21. The van der Waals surface area contributed by atoms with Gasteiger partial charge in [-0.05, 0) is 5.56 Å². The fourth-order valence-electron chi connectivity index (χ4n) is 3.85. The molecule has 0 bridgehead atoms. The summed E-state index contributed by atoms with van der Waals surface area (Å²) in [4.78, 5) is 18.3. The number of nitrogens with zero attached hydrogens (tertiary/aromatic N) is 6. The van der Waals surface area contributed by atoms with Gasteiger partial charge in [-0.25, -0.2) is 15.1 Å². The third-order valence-electron chi connectivity index (χ3n) is 5.67. The first kappa shape index (κ1) is 22.3. The molecule has 3 aromatic rings. The molecule has 2 aliphatic heterocycles. The largest absolute Gasteiger partial charge is 0.345 e. The Hall–Kier alpha value is -1.54. The van der Waals surface area contributed by atoms with Crippen LogP contribution in [0.15, 0.2) is 35.5 Å². The van der Waals surface area contributed by atoms with Gasteiger partial charge in [-0.15, -0.1) is 0 Å². The summed E-state index contributed by atoms with van der Waals surface area (Å²) in [6, 6.07) is 10.5. The summed E-state index contributed by atoms with van der Waals surface area (Å²) in [5.74, 6) is 0.770. The minimum Gasteiger partial charge on any atom is -0.345 e. The van der Waals surface area contributed by atoms with E-state index in [1.54, 1.807) is 11.8 Å². The molecule has 0 spiro atoms. The van der Waals surface area contributed by atoms with Gasteiger partial charge in [0.15, 0.2) is 21.1 Å². The van der Waals surface area contributed by atoms with Gasteiger partial charge in [0.05, 0.1) is 0 Å². The van der Waals surface area contributed by atoms with E-state index in [2.05, 4.69) is 31.9 Å². The van der Waals surface area contributed by atoms with Crippen molar-refractivity contribution >= 4 is 60.4 Å². The van der Waals surface area contributed by atoms with E-state index in [1.807, 2.05) is 18.2 Å². The van der Waals surface area contributed by atoms with Gasteiger partial charge in [-0.3, -0.25) is 4.90 Å². The Morgan fingerprint density at radius 3 is 2.50 bits per heavy atom. The minimum absolute atomic E-state index is 0.378. The van der Waals surface area contributed by atoms with Crippen molar-refractivity contribution in [3.8, 4) is 0 Å². The molecule has 0 amide bonds. The van der Waals surface area contributed by atoms with Crippen molar-refractivity contribution < 1.29 is 8.42 Å². The molecule has 13 heteroatoms. The lowest BCUT2D eigenvalue weighted by Gasteiger charge is -2.47. The SMILES string of the molecule is NS(=O)(=O)N1CCN(C2CN(c3nc4nc(SCc5ccccc5)nc(Cl)c4s3)C2)CC1. The van der Waals surface area contributed by atoms with Gasteiger partial charge in [0, 0.05) is 51.1 Å². The number of halogens is 1. The lowest BCUT2D eigenvalue weighted by atomic mass is 10.1. The summed E-state index contributed by atoms with van der Waals surface area (Å²) in [5.41, 5.74) is 1.83. The van der Waals surface area contributed by atoms with E-state index in [9.17, 15) is 8.42 Å². The molecule has 0 aliphatic carbocycles. The summed E-state index contributed by atoms with van der Waals surface area (Å²) in [6.45, 7) is 3.93. The molecule has 2 aliphatic rings. The topological polar surface area (TPSA) is 109 Å². The summed E-state index contributed by atoms with van der Waals surface area (Å²) >= 11 is 9.49. The number of hydrogen-bond acceptors (Lipinski definition) is 9. The van der Waals surface area contributed by atoms with Crippen LogP contribution in [0.3, 0.4) is 0 Å². The van der Waals surface area contributed by atoms with Crippen LogP contribution < -0.4 is 10.0 Å². The van der Waals surface area contributed by atoms with E-state index in [4.69, 9.17) is 21.7 Å².